The molecule has 3 rings (SSSR count). The molecule has 0 radical (unpaired) electrons. The van der Waals surface area contributed by atoms with E-state index in [1.54, 1.807) is 38.1 Å². The van der Waals surface area contributed by atoms with E-state index in [0.29, 0.717) is 22.5 Å². The van der Waals surface area contributed by atoms with Crippen LogP contribution in [0.2, 0.25) is 0 Å². The zero-order chi connectivity index (χ0) is 23.0. The zero-order valence-corrected chi connectivity index (χ0v) is 19.8. The lowest BCUT2D eigenvalue weighted by atomic mass is 10.1. The van der Waals surface area contributed by atoms with E-state index in [9.17, 15) is 16.8 Å². The van der Waals surface area contributed by atoms with Crippen molar-refractivity contribution in [3.8, 4) is 0 Å². The summed E-state index contributed by atoms with van der Waals surface area (Å²) in [5.74, 6) is 0. The first-order valence-corrected chi connectivity index (χ1v) is 12.6. The first kappa shape index (κ1) is 22.8. The molecule has 0 amide bonds. The number of aryl methyl sites for hydroxylation is 4. The third-order valence-electron chi connectivity index (χ3n) is 5.24. The van der Waals surface area contributed by atoms with E-state index in [1.165, 1.54) is 25.2 Å². The fourth-order valence-electron chi connectivity index (χ4n) is 3.50. The van der Waals surface area contributed by atoms with Crippen molar-refractivity contribution in [1.82, 2.24) is 0 Å². The second-order valence-electron chi connectivity index (χ2n) is 7.56. The molecular weight excluding hydrogens is 432 g/mol. The lowest BCUT2D eigenvalue weighted by molar-refractivity contribution is 0.593. The third-order valence-corrected chi connectivity index (χ3v) is 8.52. The topological polar surface area (TPSA) is 83.6 Å². The molecule has 0 saturated heterocycles. The van der Waals surface area contributed by atoms with Gasteiger partial charge < -0.3 is 0 Å². The van der Waals surface area contributed by atoms with Crippen LogP contribution in [0, 0.1) is 27.7 Å². The molecule has 0 saturated carbocycles. The number of sulfonamides is 2. The van der Waals surface area contributed by atoms with Crippen LogP contribution in [0.5, 0.6) is 0 Å². The number of hydrogen-bond donors (Lipinski definition) is 1. The quantitative estimate of drug-likeness (QED) is 0.588. The molecule has 3 aromatic carbocycles. The molecule has 0 atom stereocenters. The number of anilines is 2. The number of nitrogens with one attached hydrogen (secondary N) is 1. The van der Waals surface area contributed by atoms with Gasteiger partial charge in [-0.2, -0.15) is 0 Å². The zero-order valence-electron chi connectivity index (χ0n) is 18.2. The molecule has 8 heteroatoms. The van der Waals surface area contributed by atoms with Crippen LogP contribution in [-0.4, -0.2) is 23.9 Å². The summed E-state index contributed by atoms with van der Waals surface area (Å²) >= 11 is 0. The Balaban J connectivity index is 2.09. The van der Waals surface area contributed by atoms with Crippen LogP contribution >= 0.6 is 0 Å². The minimum atomic E-state index is -3.94. The van der Waals surface area contributed by atoms with Crippen LogP contribution in [0.3, 0.4) is 0 Å². The lowest BCUT2D eigenvalue weighted by Crippen LogP contribution is -2.28. The lowest BCUT2D eigenvalue weighted by Gasteiger charge is -2.23. The number of nitrogens with zero attached hydrogens (tertiary/aromatic N) is 1. The van der Waals surface area contributed by atoms with Crippen molar-refractivity contribution in [2.75, 3.05) is 16.1 Å². The molecule has 6 nitrogen and oxygen atoms in total. The van der Waals surface area contributed by atoms with Gasteiger partial charge >= 0.3 is 0 Å². The standard InChI is InChI=1S/C23H26N2O4S2/c1-16-10-9-11-17(2)23(16)24-30(26,27)22-15-21(18(3)14-19(22)4)25(5)31(28,29)20-12-7-6-8-13-20/h6-15,24H,1-5H3. The Morgan fingerprint density at radius 3 is 1.87 bits per heavy atom. The maximum atomic E-state index is 13.3. The van der Waals surface area contributed by atoms with Gasteiger partial charge in [0.25, 0.3) is 20.0 Å². The minimum absolute atomic E-state index is 0.0332. The first-order chi connectivity index (χ1) is 14.4. The average molecular weight is 459 g/mol. The normalized spacial score (nSPS) is 11.9. The first-order valence-electron chi connectivity index (χ1n) is 9.69. The van der Waals surface area contributed by atoms with Gasteiger partial charge in [-0.15, -0.1) is 0 Å². The molecule has 31 heavy (non-hydrogen) atoms. The number of benzene rings is 3. The monoisotopic (exact) mass is 458 g/mol. The van der Waals surface area contributed by atoms with E-state index in [0.717, 1.165) is 15.4 Å². The Labute approximate surface area is 184 Å². The third kappa shape index (κ3) is 4.45. The largest absolute Gasteiger partial charge is 0.279 e. The SMILES string of the molecule is Cc1cc(C)c(S(=O)(=O)Nc2c(C)cccc2C)cc1N(C)S(=O)(=O)c1ccccc1. The average Bonchev–Trinajstić information content (AvgIpc) is 2.71. The molecule has 0 heterocycles. The van der Waals surface area contributed by atoms with E-state index < -0.39 is 20.0 Å². The summed E-state index contributed by atoms with van der Waals surface area (Å²) in [5, 5.41) is 0. The molecule has 1 N–H and O–H groups in total. The van der Waals surface area contributed by atoms with Crippen LogP contribution in [0.1, 0.15) is 22.3 Å². The van der Waals surface area contributed by atoms with Crippen molar-refractivity contribution >= 4 is 31.4 Å². The van der Waals surface area contributed by atoms with Gasteiger partial charge in [0.2, 0.25) is 0 Å². The summed E-state index contributed by atoms with van der Waals surface area (Å²) in [7, 11) is -6.36. The molecule has 0 bridgehead atoms. The van der Waals surface area contributed by atoms with Crippen molar-refractivity contribution in [2.24, 2.45) is 0 Å². The fraction of sp³-hybridized carbons (Fsp3) is 0.217. The summed E-state index contributed by atoms with van der Waals surface area (Å²) in [4.78, 5) is 0.168. The summed E-state index contributed by atoms with van der Waals surface area (Å²) in [5.41, 5.74) is 3.62. The van der Waals surface area contributed by atoms with Crippen LogP contribution in [0.15, 0.2) is 70.5 Å². The highest BCUT2D eigenvalue weighted by Gasteiger charge is 2.26. The molecule has 164 valence electrons. The van der Waals surface area contributed by atoms with Crippen molar-refractivity contribution in [1.29, 1.82) is 0 Å². The van der Waals surface area contributed by atoms with Gasteiger partial charge in [-0.25, -0.2) is 16.8 Å². The van der Waals surface area contributed by atoms with Gasteiger partial charge in [-0.05, 0) is 68.1 Å². The fourth-order valence-corrected chi connectivity index (χ4v) is 6.22. The van der Waals surface area contributed by atoms with Gasteiger partial charge in [-0.1, -0.05) is 42.5 Å². The van der Waals surface area contributed by atoms with Gasteiger partial charge in [0.05, 0.1) is 21.2 Å². The second kappa shape index (κ2) is 8.36. The molecule has 0 unspecified atom stereocenters. The maximum Gasteiger partial charge on any atom is 0.264 e. The summed E-state index contributed by atoms with van der Waals surface area (Å²) in [6.07, 6.45) is 0. The maximum absolute atomic E-state index is 13.3. The molecule has 0 fully saturated rings. The summed E-state index contributed by atoms with van der Waals surface area (Å²) in [6.45, 7) is 7.12. The Morgan fingerprint density at radius 2 is 1.29 bits per heavy atom. The smallest absolute Gasteiger partial charge is 0.264 e. The molecule has 0 aliphatic carbocycles. The number of para-hydroxylation sites is 1. The molecule has 0 spiro atoms. The van der Waals surface area contributed by atoms with Crippen molar-refractivity contribution < 1.29 is 16.8 Å². The predicted molar refractivity (Wildman–Crippen MR) is 125 cm³/mol. The minimum Gasteiger partial charge on any atom is -0.279 e. The Morgan fingerprint density at radius 1 is 0.710 bits per heavy atom. The Kier molecular flexibility index (Phi) is 6.16. The summed E-state index contributed by atoms with van der Waals surface area (Å²) < 4.78 is 56.4. The van der Waals surface area contributed by atoms with Crippen LogP contribution < -0.4 is 9.03 Å². The van der Waals surface area contributed by atoms with Crippen molar-refractivity contribution in [3.63, 3.8) is 0 Å². The van der Waals surface area contributed by atoms with E-state index >= 15 is 0 Å². The number of hydrogen-bond acceptors (Lipinski definition) is 4. The van der Waals surface area contributed by atoms with Crippen LogP contribution in [0.4, 0.5) is 11.4 Å². The van der Waals surface area contributed by atoms with Gasteiger partial charge in [0, 0.05) is 7.05 Å². The van der Waals surface area contributed by atoms with E-state index in [-0.39, 0.29) is 9.79 Å². The van der Waals surface area contributed by atoms with Gasteiger partial charge in [0.15, 0.2) is 0 Å². The van der Waals surface area contributed by atoms with Crippen LogP contribution in [0.25, 0.3) is 0 Å². The van der Waals surface area contributed by atoms with Gasteiger partial charge in [-0.3, -0.25) is 9.03 Å². The van der Waals surface area contributed by atoms with E-state index in [1.807, 2.05) is 32.0 Å². The predicted octanol–water partition coefficient (Wildman–Crippen LogP) is 4.55. The Hall–Kier alpha value is -2.84. The van der Waals surface area contributed by atoms with Gasteiger partial charge in [0.1, 0.15) is 0 Å². The highest BCUT2D eigenvalue weighted by atomic mass is 32.2. The highest BCUT2D eigenvalue weighted by molar-refractivity contribution is 7.93. The molecule has 3 aromatic rings. The van der Waals surface area contributed by atoms with Crippen molar-refractivity contribution in [2.45, 2.75) is 37.5 Å². The molecule has 0 aliphatic rings. The molecular formula is C23H26N2O4S2. The van der Waals surface area contributed by atoms with E-state index in [4.69, 9.17) is 0 Å². The summed E-state index contributed by atoms with van der Waals surface area (Å²) in [6, 6.07) is 16.7. The number of rotatable bonds is 6. The van der Waals surface area contributed by atoms with Crippen LogP contribution in [-0.2, 0) is 20.0 Å². The second-order valence-corrected chi connectivity index (χ2v) is 11.2. The Bertz CT molecular complexity index is 1310. The molecule has 0 aliphatic heterocycles. The van der Waals surface area contributed by atoms with Crippen molar-refractivity contribution in [3.05, 3.63) is 82.9 Å². The highest BCUT2D eigenvalue weighted by Crippen LogP contribution is 2.32. The van der Waals surface area contributed by atoms with E-state index in [2.05, 4.69) is 4.72 Å². The molecule has 0 aromatic heterocycles.